The molecule has 3 heteroatoms. The van der Waals surface area contributed by atoms with Crippen molar-refractivity contribution in [1.29, 1.82) is 0 Å². The maximum absolute atomic E-state index is 4.12. The fourth-order valence-electron chi connectivity index (χ4n) is 1.42. The van der Waals surface area contributed by atoms with E-state index in [9.17, 15) is 0 Å². The third-order valence-corrected chi connectivity index (χ3v) is 4.24. The average molecular weight is 217 g/mol. The van der Waals surface area contributed by atoms with E-state index in [1.807, 2.05) is 12.4 Å². The van der Waals surface area contributed by atoms with Gasteiger partial charge in [-0.3, -0.25) is 4.98 Å². The lowest BCUT2D eigenvalue weighted by molar-refractivity contribution is 1.37. The number of hydrogen-bond acceptors (Lipinski definition) is 3. The Hall–Kier alpha value is -1.19. The van der Waals surface area contributed by atoms with Crippen LogP contribution in [0.3, 0.4) is 0 Å². The van der Waals surface area contributed by atoms with Gasteiger partial charge in [0.15, 0.2) is 0 Å². The minimum absolute atomic E-state index is 1.26. The van der Waals surface area contributed by atoms with E-state index in [1.165, 1.54) is 19.8 Å². The third kappa shape index (κ3) is 1.25. The molecule has 14 heavy (non-hydrogen) atoms. The van der Waals surface area contributed by atoms with Gasteiger partial charge in [-0.05, 0) is 29.0 Å². The van der Waals surface area contributed by atoms with E-state index in [4.69, 9.17) is 0 Å². The van der Waals surface area contributed by atoms with Crippen LogP contribution in [0.2, 0.25) is 0 Å². The summed E-state index contributed by atoms with van der Waals surface area (Å²) < 4.78 is 1.26. The topological polar surface area (TPSA) is 12.9 Å². The number of pyridine rings is 1. The molecule has 0 unspecified atom stereocenters. The highest BCUT2D eigenvalue weighted by molar-refractivity contribution is 7.25. The molecule has 0 saturated heterocycles. The minimum atomic E-state index is 1.26. The molecule has 0 radical (unpaired) electrons. The number of rotatable bonds is 1. The molecule has 0 spiro atoms. The summed E-state index contributed by atoms with van der Waals surface area (Å²) in [5, 5.41) is 3.39. The standard InChI is InChI=1S/C11H7NS2/c1-2-9(13-5-1)10-6-8-3-4-12-7-11(8)14-10/h1-7H. The van der Waals surface area contributed by atoms with E-state index in [0.29, 0.717) is 0 Å². The van der Waals surface area contributed by atoms with Crippen LogP contribution in [-0.2, 0) is 0 Å². The summed E-state index contributed by atoms with van der Waals surface area (Å²) in [5.41, 5.74) is 0. The molecular formula is C11H7NS2. The number of thiophene rings is 2. The first-order valence-electron chi connectivity index (χ1n) is 4.31. The molecule has 0 saturated carbocycles. The Morgan fingerprint density at radius 1 is 1.14 bits per heavy atom. The molecule has 1 nitrogen and oxygen atoms in total. The molecule has 68 valence electrons. The van der Waals surface area contributed by atoms with Crippen molar-refractivity contribution in [1.82, 2.24) is 4.98 Å². The number of fused-ring (bicyclic) bond motifs is 1. The highest BCUT2D eigenvalue weighted by Gasteiger charge is 2.03. The van der Waals surface area contributed by atoms with Gasteiger partial charge < -0.3 is 0 Å². The predicted octanol–water partition coefficient (Wildman–Crippen LogP) is 4.02. The van der Waals surface area contributed by atoms with Crippen molar-refractivity contribution in [2.75, 3.05) is 0 Å². The number of nitrogens with zero attached hydrogens (tertiary/aromatic N) is 1. The molecule has 0 aliphatic heterocycles. The largest absolute Gasteiger partial charge is 0.263 e. The minimum Gasteiger partial charge on any atom is -0.263 e. The summed E-state index contributed by atoms with van der Waals surface area (Å²) in [4.78, 5) is 6.80. The molecule has 0 amide bonds. The highest BCUT2D eigenvalue weighted by Crippen LogP contribution is 2.35. The molecular weight excluding hydrogens is 210 g/mol. The van der Waals surface area contributed by atoms with Gasteiger partial charge in [0.25, 0.3) is 0 Å². The zero-order valence-corrected chi connectivity index (χ0v) is 8.94. The van der Waals surface area contributed by atoms with E-state index in [-0.39, 0.29) is 0 Å². The van der Waals surface area contributed by atoms with Crippen molar-refractivity contribution in [2.24, 2.45) is 0 Å². The molecule has 3 aromatic rings. The predicted molar refractivity (Wildman–Crippen MR) is 62.9 cm³/mol. The van der Waals surface area contributed by atoms with Crippen LogP contribution in [0.1, 0.15) is 0 Å². The fraction of sp³-hybridized carbons (Fsp3) is 0. The quantitative estimate of drug-likeness (QED) is 0.600. The normalized spacial score (nSPS) is 10.9. The average Bonchev–Trinajstić information content (AvgIpc) is 2.86. The SMILES string of the molecule is c1csc(-c2cc3ccncc3s2)c1. The zero-order valence-electron chi connectivity index (χ0n) is 7.31. The Bertz CT molecular complexity index is 518. The molecule has 0 aromatic carbocycles. The van der Waals surface area contributed by atoms with Crippen molar-refractivity contribution < 1.29 is 0 Å². The second kappa shape index (κ2) is 3.19. The molecule has 3 aromatic heterocycles. The first kappa shape index (κ1) is 8.15. The van der Waals surface area contributed by atoms with Crippen LogP contribution in [0, 0.1) is 0 Å². The van der Waals surface area contributed by atoms with Crippen LogP contribution in [0.5, 0.6) is 0 Å². The number of aromatic nitrogens is 1. The van der Waals surface area contributed by atoms with Crippen LogP contribution in [0.15, 0.2) is 42.0 Å². The Morgan fingerprint density at radius 2 is 2.14 bits per heavy atom. The van der Waals surface area contributed by atoms with Crippen molar-refractivity contribution in [3.05, 3.63) is 42.0 Å². The zero-order chi connectivity index (χ0) is 9.38. The maximum Gasteiger partial charge on any atom is 0.0533 e. The Labute approximate surface area is 89.7 Å². The number of hydrogen-bond donors (Lipinski definition) is 0. The van der Waals surface area contributed by atoms with E-state index in [0.717, 1.165) is 0 Å². The molecule has 0 bridgehead atoms. The molecule has 3 rings (SSSR count). The van der Waals surface area contributed by atoms with Crippen LogP contribution in [0.4, 0.5) is 0 Å². The van der Waals surface area contributed by atoms with Gasteiger partial charge in [-0.1, -0.05) is 6.07 Å². The van der Waals surface area contributed by atoms with Gasteiger partial charge in [0.1, 0.15) is 0 Å². The molecule has 0 aliphatic rings. The van der Waals surface area contributed by atoms with Gasteiger partial charge in [-0.2, -0.15) is 0 Å². The lowest BCUT2D eigenvalue weighted by atomic mass is 10.3. The Morgan fingerprint density at radius 3 is 2.93 bits per heavy atom. The van der Waals surface area contributed by atoms with Gasteiger partial charge in [0, 0.05) is 22.1 Å². The van der Waals surface area contributed by atoms with Crippen LogP contribution >= 0.6 is 22.7 Å². The van der Waals surface area contributed by atoms with Gasteiger partial charge in [-0.25, -0.2) is 0 Å². The van der Waals surface area contributed by atoms with Gasteiger partial charge >= 0.3 is 0 Å². The van der Waals surface area contributed by atoms with Crippen molar-refractivity contribution in [2.45, 2.75) is 0 Å². The molecule has 0 fully saturated rings. The second-order valence-electron chi connectivity index (χ2n) is 3.00. The lowest BCUT2D eigenvalue weighted by Gasteiger charge is -1.85. The van der Waals surface area contributed by atoms with Crippen molar-refractivity contribution >= 4 is 32.8 Å². The van der Waals surface area contributed by atoms with Crippen molar-refractivity contribution in [3.63, 3.8) is 0 Å². The van der Waals surface area contributed by atoms with E-state index in [1.54, 1.807) is 22.7 Å². The molecule has 0 N–H and O–H groups in total. The van der Waals surface area contributed by atoms with Gasteiger partial charge in [-0.15, -0.1) is 22.7 Å². The Kier molecular flexibility index (Phi) is 1.85. The van der Waals surface area contributed by atoms with Gasteiger partial charge in [0.05, 0.1) is 4.70 Å². The van der Waals surface area contributed by atoms with E-state index < -0.39 is 0 Å². The second-order valence-corrected chi connectivity index (χ2v) is 5.03. The maximum atomic E-state index is 4.12. The summed E-state index contributed by atoms with van der Waals surface area (Å²) >= 11 is 3.58. The summed E-state index contributed by atoms with van der Waals surface area (Å²) in [5.74, 6) is 0. The summed E-state index contributed by atoms with van der Waals surface area (Å²) in [6.45, 7) is 0. The van der Waals surface area contributed by atoms with Crippen LogP contribution < -0.4 is 0 Å². The third-order valence-electron chi connectivity index (χ3n) is 2.09. The summed E-state index contributed by atoms with van der Waals surface area (Å²) in [6, 6.07) is 8.53. The van der Waals surface area contributed by atoms with Crippen LogP contribution in [0.25, 0.3) is 19.8 Å². The fourth-order valence-corrected chi connectivity index (χ4v) is 3.28. The molecule has 0 atom stereocenters. The molecule has 0 aliphatic carbocycles. The molecule has 3 heterocycles. The van der Waals surface area contributed by atoms with Crippen LogP contribution in [-0.4, -0.2) is 4.98 Å². The smallest absolute Gasteiger partial charge is 0.0533 e. The highest BCUT2D eigenvalue weighted by atomic mass is 32.1. The first-order chi connectivity index (χ1) is 6.93. The van der Waals surface area contributed by atoms with E-state index in [2.05, 4.69) is 34.6 Å². The summed E-state index contributed by atoms with van der Waals surface area (Å²) in [7, 11) is 0. The van der Waals surface area contributed by atoms with E-state index >= 15 is 0 Å². The van der Waals surface area contributed by atoms with Gasteiger partial charge in [0.2, 0.25) is 0 Å². The first-order valence-corrected chi connectivity index (χ1v) is 6.00. The van der Waals surface area contributed by atoms with Crippen molar-refractivity contribution in [3.8, 4) is 9.75 Å². The monoisotopic (exact) mass is 217 g/mol. The lowest BCUT2D eigenvalue weighted by Crippen LogP contribution is -1.64. The summed E-state index contributed by atoms with van der Waals surface area (Å²) in [6.07, 6.45) is 3.77. The Balaban J connectivity index is 2.24.